The van der Waals surface area contributed by atoms with Crippen molar-refractivity contribution >= 4 is 47.6 Å². The fourth-order valence-corrected chi connectivity index (χ4v) is 3.40. The zero-order valence-electron chi connectivity index (χ0n) is 19.0. The second-order valence-electron chi connectivity index (χ2n) is 9.13. The molecule has 172 valence electrons. The molecular formula is C22H34IN5O3. The molecule has 1 unspecified atom stereocenters. The number of nitrogens with one attached hydrogen (secondary N) is 2. The van der Waals surface area contributed by atoms with Gasteiger partial charge in [-0.2, -0.15) is 0 Å². The number of carbonyl (C=O) groups excluding carboxylic acids is 2. The van der Waals surface area contributed by atoms with Gasteiger partial charge in [0.15, 0.2) is 5.96 Å². The minimum absolute atomic E-state index is 0. The van der Waals surface area contributed by atoms with Crippen LogP contribution in [0.1, 0.15) is 40.2 Å². The van der Waals surface area contributed by atoms with Gasteiger partial charge in [0.1, 0.15) is 5.60 Å². The first kappa shape index (κ1) is 25.2. The van der Waals surface area contributed by atoms with Gasteiger partial charge in [-0.1, -0.05) is 26.0 Å². The van der Waals surface area contributed by atoms with Crippen LogP contribution in [0.4, 0.5) is 10.5 Å². The lowest BCUT2D eigenvalue weighted by Gasteiger charge is -2.39. The van der Waals surface area contributed by atoms with Crippen molar-refractivity contribution < 1.29 is 14.3 Å². The largest absolute Gasteiger partial charge is 0.444 e. The van der Waals surface area contributed by atoms with E-state index >= 15 is 0 Å². The van der Waals surface area contributed by atoms with Crippen LogP contribution in [0.15, 0.2) is 29.3 Å². The molecule has 1 fully saturated rings. The molecule has 0 aliphatic carbocycles. The predicted molar refractivity (Wildman–Crippen MR) is 133 cm³/mol. The molecule has 2 heterocycles. The third-order valence-corrected chi connectivity index (χ3v) is 5.05. The Morgan fingerprint density at radius 1 is 1.19 bits per heavy atom. The van der Waals surface area contributed by atoms with E-state index in [0.29, 0.717) is 26.2 Å². The fourth-order valence-electron chi connectivity index (χ4n) is 3.40. The van der Waals surface area contributed by atoms with Gasteiger partial charge in [-0.25, -0.2) is 4.79 Å². The third kappa shape index (κ3) is 6.98. The van der Waals surface area contributed by atoms with Crippen LogP contribution in [0.25, 0.3) is 0 Å². The van der Waals surface area contributed by atoms with E-state index in [1.165, 1.54) is 0 Å². The van der Waals surface area contributed by atoms with Gasteiger partial charge in [0.05, 0.1) is 12.6 Å². The minimum Gasteiger partial charge on any atom is -0.444 e. The van der Waals surface area contributed by atoms with E-state index in [9.17, 15) is 9.59 Å². The summed E-state index contributed by atoms with van der Waals surface area (Å²) in [5, 5.41) is 6.31. The molecule has 1 aromatic rings. The van der Waals surface area contributed by atoms with Gasteiger partial charge in [0.2, 0.25) is 5.91 Å². The van der Waals surface area contributed by atoms with E-state index in [4.69, 9.17) is 4.74 Å². The number of halogens is 1. The Morgan fingerprint density at radius 2 is 1.87 bits per heavy atom. The number of benzene rings is 1. The summed E-state index contributed by atoms with van der Waals surface area (Å²) >= 11 is 0. The topological polar surface area (TPSA) is 86.3 Å². The number of piperazine rings is 1. The summed E-state index contributed by atoms with van der Waals surface area (Å²) in [4.78, 5) is 32.8. The van der Waals surface area contributed by atoms with Crippen LogP contribution in [0, 0.1) is 5.92 Å². The van der Waals surface area contributed by atoms with Gasteiger partial charge in [0.25, 0.3) is 0 Å². The van der Waals surface area contributed by atoms with E-state index in [-0.39, 0.29) is 47.9 Å². The highest BCUT2D eigenvalue weighted by molar-refractivity contribution is 14.0. The van der Waals surface area contributed by atoms with Crippen molar-refractivity contribution in [2.24, 2.45) is 10.9 Å². The van der Waals surface area contributed by atoms with Crippen molar-refractivity contribution in [2.45, 2.75) is 52.8 Å². The van der Waals surface area contributed by atoms with Crippen molar-refractivity contribution in [1.29, 1.82) is 0 Å². The quantitative estimate of drug-likeness (QED) is 0.570. The molecule has 2 N–H and O–H groups in total. The Morgan fingerprint density at radius 3 is 2.48 bits per heavy atom. The number of aliphatic imine (C=N–C) groups is 1. The Bertz CT molecular complexity index is 804. The van der Waals surface area contributed by atoms with Crippen LogP contribution in [0.5, 0.6) is 0 Å². The van der Waals surface area contributed by atoms with Crippen LogP contribution in [-0.4, -0.2) is 65.6 Å². The summed E-state index contributed by atoms with van der Waals surface area (Å²) in [7, 11) is 0. The summed E-state index contributed by atoms with van der Waals surface area (Å²) in [5.74, 6) is 0.842. The molecule has 31 heavy (non-hydrogen) atoms. The lowest BCUT2D eigenvalue weighted by Crippen LogP contribution is -2.57. The molecule has 1 saturated heterocycles. The average Bonchev–Trinajstić information content (AvgIpc) is 3.08. The van der Waals surface area contributed by atoms with Gasteiger partial charge < -0.3 is 25.2 Å². The number of fused-ring (bicyclic) bond motifs is 1. The van der Waals surface area contributed by atoms with Crippen LogP contribution >= 0.6 is 24.0 Å². The number of carbonyl (C=O) groups is 2. The Labute approximate surface area is 201 Å². The predicted octanol–water partition coefficient (Wildman–Crippen LogP) is 3.28. The van der Waals surface area contributed by atoms with Crippen molar-refractivity contribution in [3.8, 4) is 0 Å². The van der Waals surface area contributed by atoms with E-state index in [2.05, 4.69) is 20.5 Å². The molecule has 2 amide bonds. The van der Waals surface area contributed by atoms with Crippen LogP contribution in [-0.2, 0) is 16.1 Å². The second-order valence-corrected chi connectivity index (χ2v) is 9.13. The molecule has 0 radical (unpaired) electrons. The van der Waals surface area contributed by atoms with Crippen LogP contribution in [0.3, 0.4) is 0 Å². The van der Waals surface area contributed by atoms with E-state index in [1.54, 1.807) is 4.90 Å². The summed E-state index contributed by atoms with van der Waals surface area (Å²) in [6.45, 7) is 12.7. The molecule has 0 spiro atoms. The second kappa shape index (κ2) is 10.5. The number of amides is 2. The fraction of sp³-hybridized carbons (Fsp3) is 0.591. The average molecular weight is 543 g/mol. The first-order chi connectivity index (χ1) is 14.1. The molecule has 0 aromatic heterocycles. The van der Waals surface area contributed by atoms with E-state index < -0.39 is 5.60 Å². The Balaban J connectivity index is 0.00000341. The smallest absolute Gasteiger partial charge is 0.410 e. The van der Waals surface area contributed by atoms with E-state index in [1.807, 2.05) is 58.9 Å². The standard InChI is InChI=1S/C22H33N5O3.HI/c1-15(2)19(28)25-17-8-6-16(7-9-17)12-23-20-24-13-18-14-26(10-11-27(18)20)21(29)30-22(3,4)5;/h6-9,15,18H,10-14H2,1-5H3,(H,23,24)(H,25,28);1H. The minimum atomic E-state index is -0.486. The van der Waals surface area contributed by atoms with Crippen molar-refractivity contribution in [3.05, 3.63) is 29.8 Å². The zero-order valence-corrected chi connectivity index (χ0v) is 21.3. The molecule has 8 nitrogen and oxygen atoms in total. The molecule has 2 aliphatic heterocycles. The molecule has 3 rings (SSSR count). The number of nitrogens with zero attached hydrogens (tertiary/aromatic N) is 3. The molecule has 0 saturated carbocycles. The van der Waals surface area contributed by atoms with Crippen LogP contribution in [0.2, 0.25) is 0 Å². The SMILES string of the molecule is CC(C)C(=O)Nc1ccc(CNC2=NCC3CN(C(=O)OC(C)(C)C)CCN23)cc1.I. The number of ether oxygens (including phenoxy) is 1. The maximum Gasteiger partial charge on any atom is 0.410 e. The highest BCUT2D eigenvalue weighted by Crippen LogP contribution is 2.19. The summed E-state index contributed by atoms with van der Waals surface area (Å²) in [6, 6.07) is 8.00. The van der Waals surface area contributed by atoms with Crippen LogP contribution < -0.4 is 10.6 Å². The van der Waals surface area contributed by atoms with Gasteiger partial charge >= 0.3 is 6.09 Å². The molecule has 0 bridgehead atoms. The van der Waals surface area contributed by atoms with Crippen molar-refractivity contribution in [1.82, 2.24) is 15.1 Å². The first-order valence-electron chi connectivity index (χ1n) is 10.5. The summed E-state index contributed by atoms with van der Waals surface area (Å²) < 4.78 is 5.49. The highest BCUT2D eigenvalue weighted by atomic mass is 127. The lowest BCUT2D eigenvalue weighted by atomic mass is 10.1. The molecule has 9 heteroatoms. The van der Waals surface area contributed by atoms with Gasteiger partial charge in [-0.05, 0) is 38.5 Å². The van der Waals surface area contributed by atoms with E-state index in [0.717, 1.165) is 23.8 Å². The summed E-state index contributed by atoms with van der Waals surface area (Å²) in [6.07, 6.45) is -0.256. The Kier molecular flexibility index (Phi) is 8.56. The van der Waals surface area contributed by atoms with Gasteiger partial charge in [-0.3, -0.25) is 9.79 Å². The third-order valence-electron chi connectivity index (χ3n) is 5.05. The number of hydrogen-bond donors (Lipinski definition) is 2. The summed E-state index contributed by atoms with van der Waals surface area (Å²) in [5.41, 5.74) is 1.42. The number of guanidine groups is 1. The van der Waals surface area contributed by atoms with Gasteiger partial charge in [0, 0.05) is 37.8 Å². The normalized spacial score (nSPS) is 18.1. The molecule has 1 aromatic carbocycles. The molecular weight excluding hydrogens is 509 g/mol. The monoisotopic (exact) mass is 543 g/mol. The first-order valence-corrected chi connectivity index (χ1v) is 10.5. The Hall–Kier alpha value is -2.04. The lowest BCUT2D eigenvalue weighted by molar-refractivity contribution is -0.118. The number of rotatable bonds is 4. The number of hydrogen-bond acceptors (Lipinski definition) is 6. The molecule has 1 atom stereocenters. The maximum absolute atomic E-state index is 12.3. The van der Waals surface area contributed by atoms with Crippen molar-refractivity contribution in [2.75, 3.05) is 31.5 Å². The highest BCUT2D eigenvalue weighted by Gasteiger charge is 2.36. The van der Waals surface area contributed by atoms with Gasteiger partial charge in [-0.15, -0.1) is 24.0 Å². The van der Waals surface area contributed by atoms with Crippen molar-refractivity contribution in [3.63, 3.8) is 0 Å². The molecule has 2 aliphatic rings. The maximum atomic E-state index is 12.3. The zero-order chi connectivity index (χ0) is 21.9. The number of anilines is 1.